The van der Waals surface area contributed by atoms with E-state index in [0.717, 1.165) is 29.9 Å². The van der Waals surface area contributed by atoms with Gasteiger partial charge in [-0.15, -0.1) is 0 Å². The Morgan fingerprint density at radius 2 is 1.76 bits per heavy atom. The first-order chi connectivity index (χ1) is 16.2. The number of hydrogen-bond donors (Lipinski definition) is 1. The van der Waals surface area contributed by atoms with Crippen LogP contribution in [0, 0.1) is 12.7 Å². The molecule has 1 aromatic heterocycles. The van der Waals surface area contributed by atoms with Gasteiger partial charge in [0.25, 0.3) is 0 Å². The minimum atomic E-state index is -0.633. The Morgan fingerprint density at radius 1 is 1.09 bits per heavy atom. The Kier molecular flexibility index (Phi) is 8.83. The normalized spacial score (nSPS) is 12.8. The Morgan fingerprint density at radius 3 is 2.41 bits per heavy atom. The van der Waals surface area contributed by atoms with Gasteiger partial charge in [-0.2, -0.15) is 5.10 Å². The summed E-state index contributed by atoms with van der Waals surface area (Å²) < 4.78 is 28.1. The van der Waals surface area contributed by atoms with Gasteiger partial charge in [0.05, 0.1) is 35.3 Å². The van der Waals surface area contributed by atoms with Gasteiger partial charge in [0.1, 0.15) is 0 Å². The molecule has 1 N–H and O–H groups in total. The summed E-state index contributed by atoms with van der Waals surface area (Å²) in [4.78, 5) is 2.16. The number of halogens is 1. The van der Waals surface area contributed by atoms with E-state index >= 15 is 0 Å². The molecule has 7 heteroatoms. The molecule has 6 nitrogen and oxygen atoms in total. The van der Waals surface area contributed by atoms with Crippen molar-refractivity contribution < 1.29 is 19.0 Å². The summed E-state index contributed by atoms with van der Waals surface area (Å²) in [6, 6.07) is 16.0. The average molecular weight is 470 g/mol. The molecule has 0 fully saturated rings. The third kappa shape index (κ3) is 7.13. The first-order valence-corrected chi connectivity index (χ1v) is 11.8. The van der Waals surface area contributed by atoms with Gasteiger partial charge in [-0.1, -0.05) is 37.3 Å². The lowest BCUT2D eigenvalue weighted by molar-refractivity contribution is -0.0567. The van der Waals surface area contributed by atoms with Crippen LogP contribution >= 0.6 is 0 Å². The van der Waals surface area contributed by atoms with Gasteiger partial charge in [0, 0.05) is 13.1 Å². The molecule has 0 saturated heterocycles. The van der Waals surface area contributed by atoms with Gasteiger partial charge in [0.2, 0.25) is 5.88 Å². The van der Waals surface area contributed by atoms with Crippen LogP contribution in [0.5, 0.6) is 11.6 Å². The van der Waals surface area contributed by atoms with Crippen molar-refractivity contribution in [2.75, 3.05) is 19.7 Å². The number of benzene rings is 2. The van der Waals surface area contributed by atoms with E-state index in [-0.39, 0.29) is 18.0 Å². The van der Waals surface area contributed by atoms with E-state index in [2.05, 4.69) is 11.8 Å². The number of rotatable bonds is 11. The second-order valence-corrected chi connectivity index (χ2v) is 9.46. The van der Waals surface area contributed by atoms with Gasteiger partial charge in [-0.25, -0.2) is 9.07 Å². The molecule has 34 heavy (non-hydrogen) atoms. The largest absolute Gasteiger partial charge is 0.435 e. The minimum absolute atomic E-state index is 0.140. The summed E-state index contributed by atoms with van der Waals surface area (Å²) in [5.41, 5.74) is 2.15. The molecule has 0 saturated carbocycles. The molecular formula is C27H36FN3O3. The number of hydrogen-bond acceptors (Lipinski definition) is 5. The van der Waals surface area contributed by atoms with Crippen molar-refractivity contribution in [3.8, 4) is 17.3 Å². The van der Waals surface area contributed by atoms with E-state index in [1.54, 1.807) is 22.9 Å². The molecule has 3 rings (SSSR count). The highest BCUT2D eigenvalue weighted by molar-refractivity contribution is 5.43. The van der Waals surface area contributed by atoms with Gasteiger partial charge < -0.3 is 14.6 Å². The highest BCUT2D eigenvalue weighted by Gasteiger charge is 2.23. The standard InChI is InChI=1S/C27H36FN3O3/c1-6-16-30(17-22(32)19-33-27(3,4)5)18-23-20(2)29-31(21-12-8-7-9-13-21)26(23)34-25-15-11-10-14-24(25)28/h7-15,22,32H,6,16-19H2,1-5H3. The molecule has 1 atom stereocenters. The molecule has 0 amide bonds. The van der Waals surface area contributed by atoms with Crippen molar-refractivity contribution in [2.45, 2.75) is 59.3 Å². The summed E-state index contributed by atoms with van der Waals surface area (Å²) >= 11 is 0. The van der Waals surface area contributed by atoms with E-state index < -0.39 is 11.9 Å². The summed E-state index contributed by atoms with van der Waals surface area (Å²) in [6.45, 7) is 11.9. The molecule has 0 radical (unpaired) electrons. The number of ether oxygens (including phenoxy) is 2. The van der Waals surface area contributed by atoms with Crippen molar-refractivity contribution in [1.29, 1.82) is 0 Å². The van der Waals surface area contributed by atoms with E-state index in [4.69, 9.17) is 14.6 Å². The Hall–Kier alpha value is -2.74. The number of aliphatic hydroxyl groups excluding tert-OH is 1. The molecule has 0 aliphatic heterocycles. The minimum Gasteiger partial charge on any atom is -0.435 e. The number of aromatic nitrogens is 2. The predicted molar refractivity (Wildman–Crippen MR) is 132 cm³/mol. The highest BCUT2D eigenvalue weighted by Crippen LogP contribution is 2.32. The second-order valence-electron chi connectivity index (χ2n) is 9.46. The van der Waals surface area contributed by atoms with Crippen LogP contribution in [0.4, 0.5) is 4.39 Å². The van der Waals surface area contributed by atoms with Crippen molar-refractivity contribution >= 4 is 0 Å². The fourth-order valence-electron chi connectivity index (χ4n) is 3.67. The monoisotopic (exact) mass is 469 g/mol. The summed E-state index contributed by atoms with van der Waals surface area (Å²) in [7, 11) is 0. The second kappa shape index (κ2) is 11.6. The smallest absolute Gasteiger partial charge is 0.227 e. The third-order valence-corrected chi connectivity index (χ3v) is 5.28. The van der Waals surface area contributed by atoms with E-state index in [0.29, 0.717) is 19.0 Å². The maximum absolute atomic E-state index is 14.5. The zero-order chi connectivity index (χ0) is 24.7. The Labute approximate surface area is 201 Å². The van der Waals surface area contributed by atoms with Gasteiger partial charge in [-0.3, -0.25) is 4.90 Å². The van der Waals surface area contributed by atoms with Gasteiger partial charge in [0.15, 0.2) is 11.6 Å². The summed E-state index contributed by atoms with van der Waals surface area (Å²) in [5.74, 6) is 0.170. The van der Waals surface area contributed by atoms with Crippen LogP contribution < -0.4 is 4.74 Å². The van der Waals surface area contributed by atoms with Crippen molar-refractivity contribution in [2.24, 2.45) is 0 Å². The van der Waals surface area contributed by atoms with Crippen molar-refractivity contribution in [3.63, 3.8) is 0 Å². The van der Waals surface area contributed by atoms with Crippen LogP contribution in [0.1, 0.15) is 45.4 Å². The van der Waals surface area contributed by atoms with E-state index in [1.165, 1.54) is 6.07 Å². The summed E-state index contributed by atoms with van der Waals surface area (Å²) in [5, 5.41) is 15.3. The van der Waals surface area contributed by atoms with Crippen LogP contribution in [-0.4, -0.2) is 51.2 Å². The first kappa shape index (κ1) is 25.9. The fraction of sp³-hybridized carbons (Fsp3) is 0.444. The summed E-state index contributed by atoms with van der Waals surface area (Å²) in [6.07, 6.45) is 0.286. The average Bonchev–Trinajstić information content (AvgIpc) is 3.09. The predicted octanol–water partition coefficient (Wildman–Crippen LogP) is 5.50. The number of para-hydroxylation sites is 2. The molecule has 1 unspecified atom stereocenters. The number of aliphatic hydroxyl groups is 1. The molecule has 0 bridgehead atoms. The molecule has 0 spiro atoms. The maximum Gasteiger partial charge on any atom is 0.227 e. The van der Waals surface area contributed by atoms with E-state index in [1.807, 2.05) is 58.0 Å². The zero-order valence-electron chi connectivity index (χ0n) is 20.8. The van der Waals surface area contributed by atoms with Crippen LogP contribution in [0.3, 0.4) is 0 Å². The number of aryl methyl sites for hydroxylation is 1. The first-order valence-electron chi connectivity index (χ1n) is 11.8. The molecule has 184 valence electrons. The van der Waals surface area contributed by atoms with Crippen LogP contribution in [0.15, 0.2) is 54.6 Å². The zero-order valence-corrected chi connectivity index (χ0v) is 20.8. The maximum atomic E-state index is 14.5. The highest BCUT2D eigenvalue weighted by atomic mass is 19.1. The lowest BCUT2D eigenvalue weighted by Crippen LogP contribution is -2.37. The number of nitrogens with zero attached hydrogens (tertiary/aromatic N) is 3. The fourth-order valence-corrected chi connectivity index (χ4v) is 3.67. The van der Waals surface area contributed by atoms with Gasteiger partial charge in [-0.05, 0) is 64.9 Å². The quantitative estimate of drug-likeness (QED) is 0.402. The van der Waals surface area contributed by atoms with Gasteiger partial charge >= 0.3 is 0 Å². The van der Waals surface area contributed by atoms with Crippen molar-refractivity contribution in [1.82, 2.24) is 14.7 Å². The topological polar surface area (TPSA) is 59.8 Å². The molecular weight excluding hydrogens is 433 g/mol. The van der Waals surface area contributed by atoms with Crippen LogP contribution in [0.2, 0.25) is 0 Å². The Balaban J connectivity index is 1.92. The van der Waals surface area contributed by atoms with Crippen molar-refractivity contribution in [3.05, 3.63) is 71.7 Å². The van der Waals surface area contributed by atoms with Crippen LogP contribution in [-0.2, 0) is 11.3 Å². The van der Waals surface area contributed by atoms with Crippen LogP contribution in [0.25, 0.3) is 5.69 Å². The van der Waals surface area contributed by atoms with E-state index in [9.17, 15) is 9.50 Å². The molecule has 2 aromatic carbocycles. The molecule has 0 aliphatic carbocycles. The Bertz CT molecular complexity index is 1050. The lowest BCUT2D eigenvalue weighted by atomic mass is 10.2. The molecule has 1 heterocycles. The molecule has 0 aliphatic rings. The third-order valence-electron chi connectivity index (χ3n) is 5.28. The SMILES string of the molecule is CCCN(Cc1c(C)nn(-c2ccccc2)c1Oc1ccccc1F)CC(O)COC(C)(C)C. The lowest BCUT2D eigenvalue weighted by Gasteiger charge is -2.27. The molecule has 3 aromatic rings.